The molecule has 0 spiro atoms. The van der Waals surface area contributed by atoms with E-state index in [1.165, 1.54) is 0 Å². The first kappa shape index (κ1) is 20.6. The van der Waals surface area contributed by atoms with Gasteiger partial charge in [0.15, 0.2) is 0 Å². The Labute approximate surface area is 167 Å². The first-order valence-electron chi connectivity index (χ1n) is 10.2. The SMILES string of the molecule is CC(C)(C)CC(=O)N1C[C@H]2C([C@H]1C(=O)N[C@H](C#N)C[C@@H]1CCNC1=O)C2(C)C. The van der Waals surface area contributed by atoms with Gasteiger partial charge < -0.3 is 15.5 Å². The highest BCUT2D eigenvalue weighted by Crippen LogP contribution is 2.65. The Morgan fingerprint density at radius 2 is 2.07 bits per heavy atom. The lowest BCUT2D eigenvalue weighted by Gasteiger charge is -2.32. The lowest BCUT2D eigenvalue weighted by molar-refractivity contribution is -0.141. The summed E-state index contributed by atoms with van der Waals surface area (Å²) in [6.45, 7) is 11.5. The van der Waals surface area contributed by atoms with Crippen LogP contribution in [-0.2, 0) is 14.4 Å². The van der Waals surface area contributed by atoms with Crippen LogP contribution in [-0.4, -0.2) is 47.8 Å². The topological polar surface area (TPSA) is 102 Å². The molecule has 1 unspecified atom stereocenters. The molecule has 5 atom stereocenters. The van der Waals surface area contributed by atoms with Gasteiger partial charge in [0.2, 0.25) is 17.7 Å². The number of nitrogens with zero attached hydrogens (tertiary/aromatic N) is 2. The molecule has 1 aliphatic carbocycles. The highest BCUT2D eigenvalue weighted by Gasteiger charge is 2.69. The summed E-state index contributed by atoms with van der Waals surface area (Å²) in [5.41, 5.74) is -0.112. The van der Waals surface area contributed by atoms with Gasteiger partial charge in [-0.1, -0.05) is 34.6 Å². The van der Waals surface area contributed by atoms with Crippen LogP contribution in [0, 0.1) is 39.9 Å². The Balaban J connectivity index is 1.70. The summed E-state index contributed by atoms with van der Waals surface area (Å²) >= 11 is 0. The fraction of sp³-hybridized carbons (Fsp3) is 0.810. The highest BCUT2D eigenvalue weighted by molar-refractivity contribution is 5.90. The molecule has 0 aromatic carbocycles. The van der Waals surface area contributed by atoms with Crippen molar-refractivity contribution in [3.05, 3.63) is 0 Å². The van der Waals surface area contributed by atoms with Crippen molar-refractivity contribution in [2.75, 3.05) is 13.1 Å². The molecule has 3 fully saturated rings. The third-order valence-corrected chi connectivity index (χ3v) is 6.63. The van der Waals surface area contributed by atoms with Crippen LogP contribution in [0.4, 0.5) is 0 Å². The Hall–Kier alpha value is -2.10. The van der Waals surface area contributed by atoms with Crippen molar-refractivity contribution in [3.8, 4) is 6.07 Å². The summed E-state index contributed by atoms with van der Waals surface area (Å²) in [7, 11) is 0. The molecule has 3 amide bonds. The van der Waals surface area contributed by atoms with E-state index in [0.717, 1.165) is 0 Å². The summed E-state index contributed by atoms with van der Waals surface area (Å²) in [6.07, 6.45) is 1.39. The molecule has 0 aromatic rings. The van der Waals surface area contributed by atoms with E-state index in [-0.39, 0.29) is 40.4 Å². The predicted molar refractivity (Wildman–Crippen MR) is 104 cm³/mol. The maximum Gasteiger partial charge on any atom is 0.244 e. The number of nitriles is 1. The van der Waals surface area contributed by atoms with Gasteiger partial charge in [0.1, 0.15) is 12.1 Å². The van der Waals surface area contributed by atoms with Crippen LogP contribution in [0.1, 0.15) is 53.9 Å². The van der Waals surface area contributed by atoms with Gasteiger partial charge in [-0.25, -0.2) is 0 Å². The Morgan fingerprint density at radius 1 is 1.39 bits per heavy atom. The van der Waals surface area contributed by atoms with E-state index >= 15 is 0 Å². The molecule has 3 rings (SSSR count). The number of carbonyl (C=O) groups is 3. The molecule has 0 aromatic heterocycles. The van der Waals surface area contributed by atoms with E-state index in [0.29, 0.717) is 38.3 Å². The number of piperidine rings is 1. The van der Waals surface area contributed by atoms with Crippen molar-refractivity contribution in [1.29, 1.82) is 5.26 Å². The number of fused-ring (bicyclic) bond motifs is 1. The zero-order valence-electron chi connectivity index (χ0n) is 17.5. The molecule has 1 saturated carbocycles. The van der Waals surface area contributed by atoms with Crippen LogP contribution in [0.3, 0.4) is 0 Å². The molecule has 3 aliphatic rings. The van der Waals surface area contributed by atoms with Crippen molar-refractivity contribution in [1.82, 2.24) is 15.5 Å². The summed E-state index contributed by atoms with van der Waals surface area (Å²) in [5.74, 6) is -0.0959. The van der Waals surface area contributed by atoms with Gasteiger partial charge >= 0.3 is 0 Å². The first-order valence-corrected chi connectivity index (χ1v) is 10.2. The molecule has 0 radical (unpaired) electrons. The zero-order valence-corrected chi connectivity index (χ0v) is 17.5. The van der Waals surface area contributed by atoms with Crippen molar-refractivity contribution < 1.29 is 14.4 Å². The van der Waals surface area contributed by atoms with Gasteiger partial charge in [0.05, 0.1) is 6.07 Å². The number of nitrogens with one attached hydrogen (secondary N) is 2. The lowest BCUT2D eigenvalue weighted by atomic mass is 9.90. The van der Waals surface area contributed by atoms with Gasteiger partial charge in [-0.2, -0.15) is 5.26 Å². The third kappa shape index (κ3) is 3.87. The summed E-state index contributed by atoms with van der Waals surface area (Å²) < 4.78 is 0. The summed E-state index contributed by atoms with van der Waals surface area (Å²) in [6, 6.07) is 0.875. The van der Waals surface area contributed by atoms with Crippen molar-refractivity contribution in [2.45, 2.75) is 66.0 Å². The standard InChI is InChI=1S/C21H32N4O3/c1-20(2,3)9-15(26)25-11-14-16(21(14,4)5)17(25)19(28)24-13(10-22)8-12-6-7-23-18(12)27/h12-14,16-17H,6-9,11H2,1-5H3,(H,23,27)(H,24,28)/t12-,13-,14-,16?,17-/m0/s1. The van der Waals surface area contributed by atoms with Crippen LogP contribution >= 0.6 is 0 Å². The minimum Gasteiger partial charge on any atom is -0.356 e. The number of rotatable bonds is 5. The second-order valence-corrected chi connectivity index (χ2v) is 10.4. The normalized spacial score (nSPS) is 31.6. The van der Waals surface area contributed by atoms with Crippen LogP contribution in [0.5, 0.6) is 0 Å². The van der Waals surface area contributed by atoms with Crippen LogP contribution < -0.4 is 10.6 Å². The van der Waals surface area contributed by atoms with E-state index in [4.69, 9.17) is 0 Å². The first-order chi connectivity index (χ1) is 13.0. The average molecular weight is 389 g/mol. The van der Waals surface area contributed by atoms with Gasteiger partial charge in [-0.15, -0.1) is 0 Å². The van der Waals surface area contributed by atoms with E-state index in [9.17, 15) is 19.6 Å². The Kier molecular flexibility index (Phi) is 5.20. The fourth-order valence-corrected chi connectivity index (χ4v) is 4.95. The maximum atomic E-state index is 13.1. The number of hydrogen-bond acceptors (Lipinski definition) is 4. The second-order valence-electron chi connectivity index (χ2n) is 10.4. The molecular weight excluding hydrogens is 356 g/mol. The van der Waals surface area contributed by atoms with E-state index < -0.39 is 12.1 Å². The molecule has 2 aliphatic heterocycles. The van der Waals surface area contributed by atoms with E-state index in [1.54, 1.807) is 4.90 Å². The average Bonchev–Trinajstić information content (AvgIpc) is 2.97. The quantitative estimate of drug-likeness (QED) is 0.744. The smallest absolute Gasteiger partial charge is 0.244 e. The fourth-order valence-electron chi connectivity index (χ4n) is 4.95. The number of likely N-dealkylation sites (tertiary alicyclic amines) is 1. The molecule has 154 valence electrons. The largest absolute Gasteiger partial charge is 0.356 e. The molecule has 2 heterocycles. The monoisotopic (exact) mass is 388 g/mol. The molecule has 2 N–H and O–H groups in total. The molecule has 0 bridgehead atoms. The van der Waals surface area contributed by atoms with Crippen LogP contribution in [0.2, 0.25) is 0 Å². The minimum atomic E-state index is -0.721. The predicted octanol–water partition coefficient (Wildman–Crippen LogP) is 1.44. The van der Waals surface area contributed by atoms with Crippen LogP contribution in [0.25, 0.3) is 0 Å². The van der Waals surface area contributed by atoms with Crippen LogP contribution in [0.15, 0.2) is 0 Å². The van der Waals surface area contributed by atoms with Crippen molar-refractivity contribution >= 4 is 17.7 Å². The minimum absolute atomic E-state index is 0.000622. The number of hydrogen-bond donors (Lipinski definition) is 2. The highest BCUT2D eigenvalue weighted by atomic mass is 16.2. The molecule has 28 heavy (non-hydrogen) atoms. The van der Waals surface area contributed by atoms with E-state index in [2.05, 4.69) is 30.6 Å². The van der Waals surface area contributed by atoms with Crippen molar-refractivity contribution in [2.24, 2.45) is 28.6 Å². The Bertz CT molecular complexity index is 718. The van der Waals surface area contributed by atoms with Gasteiger partial charge in [0, 0.05) is 25.4 Å². The van der Waals surface area contributed by atoms with E-state index in [1.807, 2.05) is 20.8 Å². The second kappa shape index (κ2) is 7.06. The lowest BCUT2D eigenvalue weighted by Crippen LogP contribution is -2.52. The maximum absolute atomic E-state index is 13.1. The summed E-state index contributed by atoms with van der Waals surface area (Å²) in [5, 5.41) is 15.1. The zero-order chi connectivity index (χ0) is 20.9. The number of carbonyl (C=O) groups excluding carboxylic acids is 3. The molecule has 2 saturated heterocycles. The Morgan fingerprint density at radius 3 is 2.61 bits per heavy atom. The molecule has 7 nitrogen and oxygen atoms in total. The van der Waals surface area contributed by atoms with Gasteiger partial charge in [-0.3, -0.25) is 14.4 Å². The summed E-state index contributed by atoms with van der Waals surface area (Å²) in [4.78, 5) is 39.5. The third-order valence-electron chi connectivity index (χ3n) is 6.63. The number of amides is 3. The molecular formula is C21H32N4O3. The molecule has 7 heteroatoms. The van der Waals surface area contributed by atoms with Crippen molar-refractivity contribution in [3.63, 3.8) is 0 Å². The van der Waals surface area contributed by atoms with Gasteiger partial charge in [-0.05, 0) is 35.5 Å². The van der Waals surface area contributed by atoms with Gasteiger partial charge in [0.25, 0.3) is 0 Å².